The van der Waals surface area contributed by atoms with Gasteiger partial charge in [-0.2, -0.15) is 13.1 Å². The topological polar surface area (TPSA) is 180 Å². The number of amides is 1. The first-order valence-electron chi connectivity index (χ1n) is 16.5. The summed E-state index contributed by atoms with van der Waals surface area (Å²) in [6.07, 6.45) is 13.2. The summed E-state index contributed by atoms with van der Waals surface area (Å²) in [5, 5.41) is 18.5. The number of aryl methyl sites for hydroxylation is 1. The molecule has 6 rings (SSSR count). The van der Waals surface area contributed by atoms with Crippen LogP contribution < -0.4 is 31.4 Å². The van der Waals surface area contributed by atoms with E-state index in [0.29, 0.717) is 58.2 Å². The van der Waals surface area contributed by atoms with Gasteiger partial charge in [0.2, 0.25) is 0 Å². The van der Waals surface area contributed by atoms with Crippen molar-refractivity contribution in [1.29, 1.82) is 0 Å². The van der Waals surface area contributed by atoms with E-state index in [4.69, 9.17) is 23.1 Å². The van der Waals surface area contributed by atoms with Gasteiger partial charge in [-0.3, -0.25) is 4.79 Å². The monoisotopic (exact) mass is 703 g/mol. The van der Waals surface area contributed by atoms with Crippen molar-refractivity contribution >= 4 is 60.0 Å². The molecule has 0 unspecified atom stereocenters. The van der Waals surface area contributed by atoms with E-state index in [1.807, 2.05) is 12.3 Å². The molecule has 47 heavy (non-hydrogen) atoms. The first-order valence-corrected chi connectivity index (χ1v) is 19.1. The molecule has 2 bridgehead atoms. The van der Waals surface area contributed by atoms with Crippen LogP contribution in [0.3, 0.4) is 0 Å². The number of pyridine rings is 1. The van der Waals surface area contributed by atoms with Gasteiger partial charge in [0.15, 0.2) is 11.3 Å². The summed E-state index contributed by atoms with van der Waals surface area (Å²) in [5.74, 6) is 0.0929. The summed E-state index contributed by atoms with van der Waals surface area (Å²) in [6, 6.07) is 5.05. The minimum atomic E-state index is -4.20. The molecule has 8 N–H and O–H groups in total. The maximum atomic E-state index is 14.5. The average Bonchev–Trinajstić information content (AvgIpc) is 3.42. The predicted molar refractivity (Wildman–Crippen MR) is 185 cm³/mol. The second kappa shape index (κ2) is 14.6. The van der Waals surface area contributed by atoms with Crippen molar-refractivity contribution in [3.63, 3.8) is 0 Å². The Morgan fingerprint density at radius 1 is 1.13 bits per heavy atom. The van der Waals surface area contributed by atoms with E-state index in [1.54, 1.807) is 15.5 Å². The van der Waals surface area contributed by atoms with E-state index in [9.17, 15) is 18.3 Å². The molecule has 3 heterocycles. The molecule has 12 nitrogen and oxygen atoms in total. The second-order valence-electron chi connectivity index (χ2n) is 12.7. The molecule has 0 spiro atoms. The lowest BCUT2D eigenvalue weighted by atomic mass is 9.90. The second-order valence-corrected chi connectivity index (χ2v) is 15.8. The molecular formula is C32H44ClN8O4S2+. The summed E-state index contributed by atoms with van der Waals surface area (Å²) in [6.45, 7) is 1.78. The third-order valence-electron chi connectivity index (χ3n) is 9.43. The lowest BCUT2D eigenvalue weighted by Crippen LogP contribution is -2.42. The number of halogens is 1. The largest absolute Gasteiger partial charge is 0.504 e. The molecule has 15 heteroatoms. The molecule has 0 saturated heterocycles. The van der Waals surface area contributed by atoms with E-state index in [-0.39, 0.29) is 40.2 Å². The Morgan fingerprint density at radius 2 is 1.87 bits per heavy atom. The Morgan fingerprint density at radius 3 is 2.62 bits per heavy atom. The normalized spacial score (nSPS) is 25.9. The number of anilines is 2. The van der Waals surface area contributed by atoms with Crippen molar-refractivity contribution in [3.8, 4) is 5.75 Å². The number of sulfonamides is 1. The van der Waals surface area contributed by atoms with Crippen molar-refractivity contribution in [3.05, 3.63) is 47.3 Å². The molecule has 1 aliphatic heterocycles. The van der Waals surface area contributed by atoms with Gasteiger partial charge in [-0.05, 0) is 93.7 Å². The molecule has 2 aromatic heterocycles. The van der Waals surface area contributed by atoms with Gasteiger partial charge in [0.05, 0.1) is 23.3 Å². The minimum Gasteiger partial charge on any atom is -0.504 e. The number of nitrogens with zero attached hydrogens (tertiary/aromatic N) is 3. The van der Waals surface area contributed by atoms with E-state index >= 15 is 0 Å². The molecule has 2 saturated carbocycles. The number of carbonyl (C=O) groups excluding carboxylic acids is 1. The van der Waals surface area contributed by atoms with Crippen molar-refractivity contribution in [2.45, 2.75) is 99.8 Å². The van der Waals surface area contributed by atoms with Crippen LogP contribution in [0.5, 0.6) is 5.75 Å². The summed E-state index contributed by atoms with van der Waals surface area (Å²) >= 11 is 7.63. The Hall–Kier alpha value is -3.01. The van der Waals surface area contributed by atoms with Crippen molar-refractivity contribution in [1.82, 2.24) is 15.2 Å². The van der Waals surface area contributed by atoms with Crippen LogP contribution in [0.15, 0.2) is 41.6 Å². The lowest BCUT2D eigenvalue weighted by Gasteiger charge is -2.35. The van der Waals surface area contributed by atoms with E-state index in [0.717, 1.165) is 69.2 Å². The Bertz CT molecular complexity index is 1730. The number of hydrogen-bond donors (Lipinski definition) is 6. The number of rotatable bonds is 6. The highest BCUT2D eigenvalue weighted by Crippen LogP contribution is 2.37. The number of fused-ring (bicyclic) bond motifs is 5. The zero-order valence-electron chi connectivity index (χ0n) is 26.3. The number of nitrogens with two attached hydrogens (primary N) is 2. The molecule has 2 aliphatic carbocycles. The highest BCUT2D eigenvalue weighted by atomic mass is 35.5. The molecule has 1 aromatic carbocycles. The molecule has 3 aromatic rings. The van der Waals surface area contributed by atoms with Crippen LogP contribution in [-0.2, 0) is 16.6 Å². The van der Waals surface area contributed by atoms with Gasteiger partial charge in [0.25, 0.3) is 5.91 Å². The van der Waals surface area contributed by atoms with Crippen LogP contribution >= 0.6 is 22.9 Å². The number of carbonyl (C=O) groups is 1. The van der Waals surface area contributed by atoms with Crippen molar-refractivity contribution in [2.75, 3.05) is 23.1 Å². The first kappa shape index (κ1) is 33.9. The number of aromatic hydroxyl groups is 1. The van der Waals surface area contributed by atoms with Crippen LogP contribution in [0.2, 0.25) is 5.02 Å². The number of phenols is 1. The van der Waals surface area contributed by atoms with Crippen LogP contribution in [0, 0.1) is 0 Å². The quantitative estimate of drug-likeness (QED) is 0.207. The smallest absolute Gasteiger partial charge is 0.350 e. The summed E-state index contributed by atoms with van der Waals surface area (Å²) in [4.78, 5) is 20.7. The number of benzene rings is 1. The number of thiazole rings is 1. The Kier molecular flexibility index (Phi) is 10.5. The number of hydrogen-bond acceptors (Lipinski definition) is 10. The van der Waals surface area contributed by atoms with Gasteiger partial charge in [0, 0.05) is 43.5 Å². The molecule has 2 fully saturated rings. The van der Waals surface area contributed by atoms with Gasteiger partial charge in [-0.25, -0.2) is 9.55 Å². The van der Waals surface area contributed by atoms with Crippen LogP contribution in [0.1, 0.15) is 74.6 Å². The van der Waals surface area contributed by atoms with E-state index in [1.165, 1.54) is 18.3 Å². The first-order chi connectivity index (χ1) is 22.6. The van der Waals surface area contributed by atoms with Gasteiger partial charge in [-0.1, -0.05) is 17.7 Å². The van der Waals surface area contributed by atoms with Gasteiger partial charge < -0.3 is 32.1 Å². The summed E-state index contributed by atoms with van der Waals surface area (Å²) in [5.41, 5.74) is 12.6. The summed E-state index contributed by atoms with van der Waals surface area (Å²) in [7, 11) is -4.20. The zero-order valence-corrected chi connectivity index (χ0v) is 28.7. The molecular weight excluding hydrogens is 660 g/mol. The van der Waals surface area contributed by atoms with E-state index < -0.39 is 10.0 Å². The summed E-state index contributed by atoms with van der Waals surface area (Å²) < 4.78 is 32.9. The molecule has 1 amide bonds. The van der Waals surface area contributed by atoms with Gasteiger partial charge in [-0.15, -0.1) is 0 Å². The van der Waals surface area contributed by atoms with Gasteiger partial charge in [0.1, 0.15) is 15.4 Å². The molecule has 0 radical (unpaired) electrons. The van der Waals surface area contributed by atoms with Crippen molar-refractivity contribution < 1.29 is 22.9 Å². The Balaban J connectivity index is 1.39. The van der Waals surface area contributed by atoms with Crippen molar-refractivity contribution in [2.24, 2.45) is 11.5 Å². The number of allylic oxidation sites excluding steroid dienone is 1. The highest BCUT2D eigenvalue weighted by Gasteiger charge is 2.34. The van der Waals surface area contributed by atoms with E-state index in [2.05, 4.69) is 20.3 Å². The number of nitrogens with one attached hydrogen (secondary N) is 3. The van der Waals surface area contributed by atoms with Crippen LogP contribution in [-0.4, -0.2) is 66.6 Å². The van der Waals surface area contributed by atoms with Crippen LogP contribution in [0.25, 0.3) is 10.2 Å². The fourth-order valence-corrected chi connectivity index (χ4v) is 9.48. The third-order valence-corrected chi connectivity index (χ3v) is 12.4. The van der Waals surface area contributed by atoms with Crippen LogP contribution in [0.4, 0.5) is 10.9 Å². The fraction of sp³-hybridized carbons (Fsp3) is 0.531. The lowest BCUT2D eigenvalue weighted by molar-refractivity contribution is -0.653. The number of phenolic OH excluding ortho intramolecular Hbond substituents is 1. The average molecular weight is 704 g/mol. The molecule has 3 aliphatic rings. The standard InChI is InChI=1S/C32H43ClN8O4S2/c33-26-12-13-27(42)28-29(26)46-32-39-47(44,45)24-18-25(30(37-19-24)38-22-8-6-21(7-9-22)36-15-14-34)31(43)40(16-2-1-3-17-41(28)32)23-10-4-20(35)5-11-23/h2,12-13,16,18-23,36H,1,3-11,14-15,17,34-35H2,(H2,37,38,42,43)/p+1/b16-2-,39-32?. The third kappa shape index (κ3) is 7.52. The maximum Gasteiger partial charge on any atom is 0.350 e. The highest BCUT2D eigenvalue weighted by molar-refractivity contribution is 7.93. The zero-order chi connectivity index (χ0) is 33.1. The molecule has 0 atom stereocenters. The predicted octanol–water partition coefficient (Wildman–Crippen LogP) is 4.03. The van der Waals surface area contributed by atoms with Gasteiger partial charge >= 0.3 is 15.2 Å². The number of aromatic nitrogens is 2. The Labute approximate surface area is 284 Å². The maximum absolute atomic E-state index is 14.5. The fourth-order valence-electron chi connectivity index (χ4n) is 6.83. The molecule has 254 valence electrons. The minimum absolute atomic E-state index is 0.0126. The SMILES string of the molecule is NCCNC1CCC(Nc2ncc3cc2C(=O)N(C2CCC(N)CC2)/C=C\CCC[n+]2c(sc4c(Cl)ccc(O)c42)NS3(=O)=O)CC1.